The fourth-order valence-corrected chi connectivity index (χ4v) is 3.76. The van der Waals surface area contributed by atoms with Gasteiger partial charge in [0.2, 0.25) is 5.91 Å². The van der Waals surface area contributed by atoms with Crippen molar-refractivity contribution in [1.82, 2.24) is 20.1 Å². The lowest BCUT2D eigenvalue weighted by Gasteiger charge is -2.14. The van der Waals surface area contributed by atoms with Gasteiger partial charge in [-0.25, -0.2) is 0 Å². The maximum atomic E-state index is 12.6. The molecule has 1 amide bonds. The number of allylic oxidation sites excluding steroid dienone is 1. The van der Waals surface area contributed by atoms with Crippen molar-refractivity contribution >= 4 is 17.7 Å². The number of carbonyl (C=O) groups excluding carboxylic acids is 1. The molecule has 150 valence electrons. The summed E-state index contributed by atoms with van der Waals surface area (Å²) in [6.07, 6.45) is 4.14. The molecule has 0 spiro atoms. The highest BCUT2D eigenvalue weighted by Crippen LogP contribution is 2.40. The summed E-state index contributed by atoms with van der Waals surface area (Å²) in [5, 5.41) is 12.1. The Morgan fingerprint density at radius 3 is 2.75 bits per heavy atom. The summed E-state index contributed by atoms with van der Waals surface area (Å²) in [6.45, 7) is 6.76. The van der Waals surface area contributed by atoms with Crippen LogP contribution < -0.4 is 14.8 Å². The van der Waals surface area contributed by atoms with Gasteiger partial charge in [0.25, 0.3) is 0 Å². The van der Waals surface area contributed by atoms with E-state index in [-0.39, 0.29) is 11.2 Å². The zero-order valence-corrected chi connectivity index (χ0v) is 17.3. The molecule has 1 atom stereocenters. The van der Waals surface area contributed by atoms with Crippen molar-refractivity contribution in [1.29, 1.82) is 0 Å². The van der Waals surface area contributed by atoms with E-state index in [0.29, 0.717) is 30.5 Å². The largest absolute Gasteiger partial charge is 0.493 e. The minimum absolute atomic E-state index is 0.0547. The molecular formula is C20H26N4O3S. The summed E-state index contributed by atoms with van der Waals surface area (Å²) in [4.78, 5) is 12.6. The molecule has 0 radical (unpaired) electrons. The molecule has 1 saturated carbocycles. The number of methoxy groups -OCH3 is 2. The molecule has 8 heteroatoms. The molecule has 1 unspecified atom stereocenters. The van der Waals surface area contributed by atoms with E-state index in [9.17, 15) is 4.79 Å². The summed E-state index contributed by atoms with van der Waals surface area (Å²) in [5.74, 6) is 2.74. The molecule has 1 aromatic carbocycles. The van der Waals surface area contributed by atoms with E-state index in [0.717, 1.165) is 29.4 Å². The summed E-state index contributed by atoms with van der Waals surface area (Å²) in [5.41, 5.74) is 0.939. The normalized spacial score (nSPS) is 14.4. The Bertz CT molecular complexity index is 848. The Hall–Kier alpha value is -2.48. The molecule has 3 rings (SSSR count). The predicted octanol–water partition coefficient (Wildman–Crippen LogP) is 3.16. The fraction of sp³-hybridized carbons (Fsp3) is 0.450. The predicted molar refractivity (Wildman–Crippen MR) is 109 cm³/mol. The number of carbonyl (C=O) groups is 1. The number of rotatable bonds is 10. The van der Waals surface area contributed by atoms with Crippen LogP contribution in [0.2, 0.25) is 0 Å². The standard InChI is InChI=1S/C20H26N4O3S/c1-5-10-24-18(15-7-8-15)22-23-20(24)28-13(2)19(25)21-12-14-6-9-16(26-3)17(11-14)27-4/h5-6,9,11,13,15H,1,7-8,10,12H2,2-4H3,(H,21,25). The van der Waals surface area contributed by atoms with Crippen molar-refractivity contribution in [3.63, 3.8) is 0 Å². The van der Waals surface area contributed by atoms with Gasteiger partial charge in [0.15, 0.2) is 16.7 Å². The highest BCUT2D eigenvalue weighted by atomic mass is 32.2. The first-order valence-corrected chi connectivity index (χ1v) is 10.1. The van der Waals surface area contributed by atoms with E-state index in [1.54, 1.807) is 14.2 Å². The third-order valence-electron chi connectivity index (χ3n) is 4.57. The molecule has 7 nitrogen and oxygen atoms in total. The van der Waals surface area contributed by atoms with Crippen LogP contribution in [0.5, 0.6) is 11.5 Å². The molecule has 1 aliphatic carbocycles. The third kappa shape index (κ3) is 4.67. The molecule has 28 heavy (non-hydrogen) atoms. The van der Waals surface area contributed by atoms with Gasteiger partial charge in [-0.1, -0.05) is 23.9 Å². The van der Waals surface area contributed by atoms with Crippen molar-refractivity contribution in [2.75, 3.05) is 14.2 Å². The van der Waals surface area contributed by atoms with Gasteiger partial charge in [-0.2, -0.15) is 0 Å². The van der Waals surface area contributed by atoms with Gasteiger partial charge in [0, 0.05) is 19.0 Å². The van der Waals surface area contributed by atoms with E-state index in [2.05, 4.69) is 26.7 Å². The minimum atomic E-state index is -0.292. The molecule has 0 bridgehead atoms. The van der Waals surface area contributed by atoms with Gasteiger partial charge in [-0.15, -0.1) is 16.8 Å². The van der Waals surface area contributed by atoms with Crippen molar-refractivity contribution < 1.29 is 14.3 Å². The first-order chi connectivity index (χ1) is 13.6. The summed E-state index contributed by atoms with van der Waals surface area (Å²) in [7, 11) is 3.19. The molecule has 1 aromatic heterocycles. The second-order valence-corrected chi connectivity index (χ2v) is 7.99. The third-order valence-corrected chi connectivity index (χ3v) is 5.65. The summed E-state index contributed by atoms with van der Waals surface area (Å²) in [6, 6.07) is 5.59. The van der Waals surface area contributed by atoms with Crippen molar-refractivity contribution in [2.45, 2.75) is 49.2 Å². The van der Waals surface area contributed by atoms with E-state index < -0.39 is 0 Å². The molecule has 2 aromatic rings. The maximum absolute atomic E-state index is 12.6. The number of hydrogen-bond acceptors (Lipinski definition) is 6. The van der Waals surface area contributed by atoms with Crippen LogP contribution in [-0.2, 0) is 17.9 Å². The highest BCUT2D eigenvalue weighted by Gasteiger charge is 2.30. The number of ether oxygens (including phenoxy) is 2. The number of aromatic nitrogens is 3. The van der Waals surface area contributed by atoms with E-state index >= 15 is 0 Å². The fourth-order valence-electron chi connectivity index (χ4n) is 2.87. The van der Waals surface area contributed by atoms with Crippen molar-refractivity contribution in [3.05, 3.63) is 42.2 Å². The van der Waals surface area contributed by atoms with Gasteiger partial charge < -0.3 is 19.4 Å². The molecule has 1 N–H and O–H groups in total. The van der Waals surface area contributed by atoms with Gasteiger partial charge in [0.1, 0.15) is 5.82 Å². The number of nitrogens with one attached hydrogen (secondary N) is 1. The average Bonchev–Trinajstić information content (AvgIpc) is 3.48. The lowest BCUT2D eigenvalue weighted by molar-refractivity contribution is -0.120. The first-order valence-electron chi connectivity index (χ1n) is 9.26. The Kier molecular flexibility index (Phi) is 6.61. The summed E-state index contributed by atoms with van der Waals surface area (Å²) < 4.78 is 12.6. The van der Waals surface area contributed by atoms with Crippen LogP contribution in [0.25, 0.3) is 0 Å². The lowest BCUT2D eigenvalue weighted by atomic mass is 10.2. The van der Waals surface area contributed by atoms with Gasteiger partial charge >= 0.3 is 0 Å². The number of nitrogens with zero attached hydrogens (tertiary/aromatic N) is 3. The summed E-state index contributed by atoms with van der Waals surface area (Å²) >= 11 is 1.42. The van der Waals surface area contributed by atoms with Crippen LogP contribution in [0.3, 0.4) is 0 Å². The average molecular weight is 403 g/mol. The Morgan fingerprint density at radius 1 is 1.36 bits per heavy atom. The van der Waals surface area contributed by atoms with E-state index in [4.69, 9.17) is 9.47 Å². The molecule has 1 heterocycles. The number of amides is 1. The molecule has 1 aliphatic rings. The zero-order valence-electron chi connectivity index (χ0n) is 16.5. The highest BCUT2D eigenvalue weighted by molar-refractivity contribution is 8.00. The van der Waals surface area contributed by atoms with Crippen molar-refractivity contribution in [2.24, 2.45) is 0 Å². The zero-order chi connectivity index (χ0) is 20.1. The smallest absolute Gasteiger partial charge is 0.233 e. The molecular weight excluding hydrogens is 376 g/mol. The quantitative estimate of drug-likeness (QED) is 0.486. The van der Waals surface area contributed by atoms with Crippen LogP contribution in [0, 0.1) is 0 Å². The topological polar surface area (TPSA) is 78.3 Å². The first kappa shape index (κ1) is 20.3. The number of benzene rings is 1. The molecule has 0 aliphatic heterocycles. The SMILES string of the molecule is C=CCn1c(SC(C)C(=O)NCc2ccc(OC)c(OC)c2)nnc1C1CC1. The Labute approximate surface area is 169 Å². The monoisotopic (exact) mass is 402 g/mol. The molecule has 0 saturated heterocycles. The van der Waals surface area contributed by atoms with Gasteiger partial charge in [-0.3, -0.25) is 4.79 Å². The van der Waals surface area contributed by atoms with E-state index in [1.807, 2.05) is 31.2 Å². The van der Waals surface area contributed by atoms with E-state index in [1.165, 1.54) is 11.8 Å². The molecule has 1 fully saturated rings. The number of hydrogen-bond donors (Lipinski definition) is 1. The van der Waals surface area contributed by atoms with Crippen LogP contribution in [0.15, 0.2) is 36.0 Å². The minimum Gasteiger partial charge on any atom is -0.493 e. The van der Waals surface area contributed by atoms with Crippen LogP contribution in [-0.4, -0.2) is 40.1 Å². The Morgan fingerprint density at radius 2 is 2.11 bits per heavy atom. The second kappa shape index (κ2) is 9.14. The van der Waals surface area contributed by atoms with Gasteiger partial charge in [-0.05, 0) is 37.5 Å². The number of thioether (sulfide) groups is 1. The maximum Gasteiger partial charge on any atom is 0.233 e. The Balaban J connectivity index is 1.60. The van der Waals surface area contributed by atoms with Gasteiger partial charge in [0.05, 0.1) is 19.5 Å². The van der Waals surface area contributed by atoms with Crippen LogP contribution in [0.4, 0.5) is 0 Å². The van der Waals surface area contributed by atoms with Crippen LogP contribution in [0.1, 0.15) is 37.1 Å². The second-order valence-electron chi connectivity index (χ2n) is 6.68. The van der Waals surface area contributed by atoms with Crippen LogP contribution >= 0.6 is 11.8 Å². The van der Waals surface area contributed by atoms with Crippen molar-refractivity contribution in [3.8, 4) is 11.5 Å². The lowest BCUT2D eigenvalue weighted by Crippen LogP contribution is -2.30.